The third-order valence-corrected chi connectivity index (χ3v) is 9.61. The second-order valence-electron chi connectivity index (χ2n) is 15.0. The molecule has 2 aromatic carbocycles. The van der Waals surface area contributed by atoms with E-state index in [4.69, 9.17) is 22.9 Å². The van der Waals surface area contributed by atoms with E-state index in [-0.39, 0.29) is 55.5 Å². The Morgan fingerprint density at radius 2 is 1.47 bits per heavy atom. The summed E-state index contributed by atoms with van der Waals surface area (Å²) in [5.74, 6) is -4.09. The summed E-state index contributed by atoms with van der Waals surface area (Å²) in [7, 11) is 0. The summed E-state index contributed by atoms with van der Waals surface area (Å²) >= 11 is 4.27. The molecule has 0 saturated heterocycles. The van der Waals surface area contributed by atoms with E-state index in [1.54, 1.807) is 42.5 Å². The van der Waals surface area contributed by atoms with Crippen molar-refractivity contribution in [3.63, 3.8) is 0 Å². The molecular weight excluding hydrogens is 819 g/mol. The van der Waals surface area contributed by atoms with Gasteiger partial charge in [0.15, 0.2) is 5.96 Å². The first-order valence-corrected chi connectivity index (χ1v) is 20.7. The Hall–Kier alpha value is -6.48. The highest BCUT2D eigenvalue weighted by atomic mass is 32.1. The van der Waals surface area contributed by atoms with Crippen molar-refractivity contribution in [2.24, 2.45) is 33.8 Å². The number of H-pyrrole nitrogens is 1. The molecular formula is C41H59N13O7S. The van der Waals surface area contributed by atoms with E-state index in [1.807, 2.05) is 13.8 Å². The predicted molar refractivity (Wildman–Crippen MR) is 237 cm³/mol. The molecule has 1 aromatic heterocycles. The summed E-state index contributed by atoms with van der Waals surface area (Å²) in [6.45, 7) is 5.12. The number of aromatic amines is 1. The maximum atomic E-state index is 13.8. The molecule has 0 radical (unpaired) electrons. The molecule has 0 saturated carbocycles. The van der Waals surface area contributed by atoms with Crippen molar-refractivity contribution >= 4 is 65.6 Å². The first-order valence-electron chi connectivity index (χ1n) is 20.1. The zero-order valence-corrected chi connectivity index (χ0v) is 36.0. The molecule has 20 nitrogen and oxygen atoms in total. The number of aromatic nitrogens is 2. The highest BCUT2D eigenvalue weighted by Crippen LogP contribution is 2.17. The van der Waals surface area contributed by atoms with E-state index in [1.165, 1.54) is 36.5 Å². The molecule has 0 aliphatic rings. The topological polar surface area (TPSA) is 328 Å². The number of anilines is 1. The second kappa shape index (κ2) is 25.3. The number of thiol groups is 1. The van der Waals surface area contributed by atoms with Gasteiger partial charge in [-0.05, 0) is 61.9 Å². The van der Waals surface area contributed by atoms with Crippen LogP contribution in [-0.4, -0.2) is 113 Å². The molecule has 0 unspecified atom stereocenters. The monoisotopic (exact) mass is 877 g/mol. The number of nitrogens with two attached hydrogens (primary N) is 4. The quantitative estimate of drug-likeness (QED) is 0.0207. The Bertz CT molecular complexity index is 1980. The fourth-order valence-electron chi connectivity index (χ4n) is 6.15. The highest BCUT2D eigenvalue weighted by molar-refractivity contribution is 7.80. The van der Waals surface area contributed by atoms with E-state index >= 15 is 0 Å². The fourth-order valence-corrected chi connectivity index (χ4v) is 6.35. The lowest BCUT2D eigenvalue weighted by Gasteiger charge is -2.25. The number of hydrogen-bond acceptors (Lipinski definition) is 11. The molecule has 336 valence electrons. The zero-order chi connectivity index (χ0) is 45.8. The van der Waals surface area contributed by atoms with Crippen molar-refractivity contribution in [2.75, 3.05) is 30.3 Å². The van der Waals surface area contributed by atoms with Crippen LogP contribution in [0.15, 0.2) is 72.1 Å². The number of nitrogens with zero attached hydrogens (tertiary/aromatic N) is 3. The van der Waals surface area contributed by atoms with Crippen molar-refractivity contribution in [2.45, 2.75) is 83.1 Å². The molecule has 0 spiro atoms. The average Bonchev–Trinajstić information content (AvgIpc) is 3.75. The molecule has 0 bridgehead atoms. The summed E-state index contributed by atoms with van der Waals surface area (Å²) in [5, 5.41) is 13.2. The van der Waals surface area contributed by atoms with Crippen LogP contribution >= 0.6 is 12.6 Å². The maximum absolute atomic E-state index is 13.8. The number of benzene rings is 2. The number of imidazole rings is 1. The van der Waals surface area contributed by atoms with Crippen LogP contribution in [0.25, 0.3) is 0 Å². The number of rotatable bonds is 25. The SMILES string of the molecule is CC(C)C[C@H](NC(=O)c1ccc(N(CCS)C(=O)CNC(=O)[C@H](C)NC(=O)[C@H](Cc2ccccc2)NC(=O)[C@H](CCCN=C(N)N)NC(=O)[C@@H](N)Cc2cnc[nH]2)cc1)C(N)=O. The maximum Gasteiger partial charge on any atom is 0.251 e. The zero-order valence-electron chi connectivity index (χ0n) is 35.1. The van der Waals surface area contributed by atoms with Gasteiger partial charge in [0.2, 0.25) is 35.4 Å². The van der Waals surface area contributed by atoms with E-state index in [0.717, 1.165) is 0 Å². The lowest BCUT2D eigenvalue weighted by Crippen LogP contribution is -2.58. The van der Waals surface area contributed by atoms with Gasteiger partial charge in [-0.15, -0.1) is 0 Å². The van der Waals surface area contributed by atoms with Gasteiger partial charge in [-0.3, -0.25) is 38.6 Å². The third kappa shape index (κ3) is 16.9. The smallest absolute Gasteiger partial charge is 0.251 e. The van der Waals surface area contributed by atoms with Gasteiger partial charge in [-0.25, -0.2) is 4.98 Å². The predicted octanol–water partition coefficient (Wildman–Crippen LogP) is -1.24. The molecule has 1 heterocycles. The number of nitrogens with one attached hydrogen (secondary N) is 6. The first kappa shape index (κ1) is 49.9. The minimum absolute atomic E-state index is 0.0298. The molecule has 3 aromatic rings. The minimum Gasteiger partial charge on any atom is -0.370 e. The Morgan fingerprint density at radius 1 is 0.806 bits per heavy atom. The Balaban J connectivity index is 1.69. The molecule has 21 heteroatoms. The number of amides is 7. The number of aliphatic imine (C=N–C) groups is 1. The number of guanidine groups is 1. The van der Waals surface area contributed by atoms with Gasteiger partial charge in [0.25, 0.3) is 5.91 Å². The van der Waals surface area contributed by atoms with Crippen LogP contribution in [0.4, 0.5) is 5.69 Å². The number of carbonyl (C=O) groups is 7. The average molecular weight is 878 g/mol. The Kier molecular flexibility index (Phi) is 20.4. The van der Waals surface area contributed by atoms with Crippen LogP contribution in [0, 0.1) is 5.92 Å². The van der Waals surface area contributed by atoms with Crippen LogP contribution in [0.2, 0.25) is 0 Å². The molecule has 14 N–H and O–H groups in total. The van der Waals surface area contributed by atoms with Gasteiger partial charge < -0.3 is 59.4 Å². The van der Waals surface area contributed by atoms with Gasteiger partial charge in [-0.2, -0.15) is 12.6 Å². The highest BCUT2D eigenvalue weighted by Gasteiger charge is 2.30. The van der Waals surface area contributed by atoms with Crippen molar-refractivity contribution in [1.29, 1.82) is 0 Å². The van der Waals surface area contributed by atoms with E-state index in [9.17, 15) is 33.6 Å². The molecule has 3 rings (SSSR count). The van der Waals surface area contributed by atoms with Crippen LogP contribution in [0.1, 0.15) is 61.6 Å². The molecule has 0 fully saturated rings. The van der Waals surface area contributed by atoms with Crippen molar-refractivity contribution in [3.05, 3.63) is 83.9 Å². The Labute approximate surface area is 366 Å². The van der Waals surface area contributed by atoms with Crippen molar-refractivity contribution in [1.82, 2.24) is 36.6 Å². The molecule has 5 atom stereocenters. The summed E-state index contributed by atoms with van der Waals surface area (Å²) in [5.41, 5.74) is 24.5. The van der Waals surface area contributed by atoms with Gasteiger partial charge in [0.05, 0.1) is 18.9 Å². The second-order valence-corrected chi connectivity index (χ2v) is 15.4. The summed E-state index contributed by atoms with van der Waals surface area (Å²) < 4.78 is 0. The van der Waals surface area contributed by atoms with Crippen LogP contribution < -0.4 is 54.4 Å². The standard InChI is InChI=1S/C41H59N13O7S/c1-24(2)18-32(35(43)56)52-37(58)27-11-13-29(14-12-27)54(16-17-62)34(55)22-48-36(57)25(3)50-40(61)33(19-26-8-5-4-6-9-26)53-39(60)31(10-7-15-47-41(44)45)51-38(59)30(42)20-28-21-46-23-49-28/h4-6,8-9,11-14,21,23-25,30-33,62H,7,10,15-20,22,42H2,1-3H3,(H2,43,56)(H,46,49)(H,48,57)(H,50,61)(H,51,59)(H,52,58)(H,53,60)(H4,44,45,47)/t25-,30-,31-,32-,33-/m0/s1. The fraction of sp³-hybridized carbons (Fsp3) is 0.439. The van der Waals surface area contributed by atoms with Gasteiger partial charge in [-0.1, -0.05) is 44.2 Å². The Morgan fingerprint density at radius 3 is 2.06 bits per heavy atom. The molecule has 7 amide bonds. The third-order valence-electron chi connectivity index (χ3n) is 9.41. The van der Waals surface area contributed by atoms with Crippen molar-refractivity contribution < 1.29 is 33.6 Å². The van der Waals surface area contributed by atoms with Crippen molar-refractivity contribution in [3.8, 4) is 0 Å². The first-order chi connectivity index (χ1) is 29.5. The van der Waals surface area contributed by atoms with E-state index in [2.05, 4.69) is 54.2 Å². The van der Waals surface area contributed by atoms with Crippen LogP contribution in [0.5, 0.6) is 0 Å². The normalized spacial score (nSPS) is 13.3. The lowest BCUT2D eigenvalue weighted by atomic mass is 10.0. The largest absolute Gasteiger partial charge is 0.370 e. The summed E-state index contributed by atoms with van der Waals surface area (Å²) in [6.07, 6.45) is 3.90. The molecule has 0 aliphatic heterocycles. The summed E-state index contributed by atoms with van der Waals surface area (Å²) in [4.78, 5) is 104. The lowest BCUT2D eigenvalue weighted by molar-refractivity contribution is -0.134. The minimum atomic E-state index is -1.20. The van der Waals surface area contributed by atoms with Gasteiger partial charge in [0, 0.05) is 54.8 Å². The molecule has 62 heavy (non-hydrogen) atoms. The van der Waals surface area contributed by atoms with E-state index in [0.29, 0.717) is 29.8 Å². The van der Waals surface area contributed by atoms with Gasteiger partial charge >= 0.3 is 0 Å². The van der Waals surface area contributed by atoms with Crippen LogP contribution in [-0.2, 0) is 41.6 Å². The molecule has 0 aliphatic carbocycles. The summed E-state index contributed by atoms with van der Waals surface area (Å²) in [6, 6.07) is 9.60. The van der Waals surface area contributed by atoms with E-state index < -0.39 is 78.1 Å². The number of carbonyl (C=O) groups excluding carboxylic acids is 7. The number of hydrogen-bond donors (Lipinski definition) is 11. The number of primary amides is 1. The van der Waals surface area contributed by atoms with Gasteiger partial charge in [0.1, 0.15) is 24.2 Å². The van der Waals surface area contributed by atoms with Crippen LogP contribution in [0.3, 0.4) is 0 Å².